The highest BCUT2D eigenvalue weighted by atomic mass is 32.2. The van der Waals surface area contributed by atoms with Crippen molar-refractivity contribution in [1.82, 2.24) is 15.0 Å². The van der Waals surface area contributed by atoms with Crippen LogP contribution in [0.25, 0.3) is 11.3 Å². The first-order valence-corrected chi connectivity index (χ1v) is 11.7. The lowest BCUT2D eigenvalue weighted by atomic mass is 10.1. The second-order valence-electron chi connectivity index (χ2n) is 5.81. The van der Waals surface area contributed by atoms with Crippen LogP contribution in [-0.4, -0.2) is 42.0 Å². The number of methoxy groups -OCH3 is 3. The van der Waals surface area contributed by atoms with Gasteiger partial charge in [-0.1, -0.05) is 18.7 Å². The quantitative estimate of drug-likeness (QED) is 0.244. The monoisotopic (exact) mass is 460 g/mol. The van der Waals surface area contributed by atoms with Gasteiger partial charge in [0.2, 0.25) is 5.75 Å². The predicted molar refractivity (Wildman–Crippen MR) is 119 cm³/mol. The van der Waals surface area contributed by atoms with Gasteiger partial charge in [-0.2, -0.15) is 5.26 Å². The molecule has 10 heteroatoms. The number of thiazole rings is 1. The number of hydrogen-bond donors (Lipinski definition) is 0. The van der Waals surface area contributed by atoms with Crippen LogP contribution in [0.3, 0.4) is 0 Å². The van der Waals surface area contributed by atoms with Crippen LogP contribution < -0.4 is 14.2 Å². The largest absolute Gasteiger partial charge is 0.493 e. The van der Waals surface area contributed by atoms with Crippen LogP contribution in [0.4, 0.5) is 0 Å². The summed E-state index contributed by atoms with van der Waals surface area (Å²) in [5, 5.41) is 13.0. The zero-order valence-electron chi connectivity index (χ0n) is 17.0. The molecule has 1 aromatic carbocycles. The molecule has 0 spiro atoms. The summed E-state index contributed by atoms with van der Waals surface area (Å²) in [4.78, 5) is 13.6. The van der Waals surface area contributed by atoms with Gasteiger partial charge in [0.15, 0.2) is 21.0 Å². The van der Waals surface area contributed by atoms with Crippen molar-refractivity contribution < 1.29 is 14.2 Å². The third-order valence-electron chi connectivity index (χ3n) is 3.93. The minimum atomic E-state index is 0.380. The minimum Gasteiger partial charge on any atom is -0.493 e. The van der Waals surface area contributed by atoms with Crippen LogP contribution in [0.5, 0.6) is 17.2 Å². The second-order valence-corrected chi connectivity index (χ2v) is 9.00. The Kier molecular flexibility index (Phi) is 7.79. The Morgan fingerprint density at radius 2 is 1.83 bits per heavy atom. The highest BCUT2D eigenvalue weighted by molar-refractivity contribution is 8.01. The van der Waals surface area contributed by atoms with E-state index in [0.717, 1.165) is 16.5 Å². The van der Waals surface area contributed by atoms with Crippen LogP contribution >= 0.6 is 34.9 Å². The normalized spacial score (nSPS) is 10.5. The van der Waals surface area contributed by atoms with E-state index in [2.05, 4.69) is 23.0 Å². The van der Waals surface area contributed by atoms with Crippen LogP contribution in [0, 0.1) is 11.3 Å². The number of benzene rings is 1. The van der Waals surface area contributed by atoms with Gasteiger partial charge < -0.3 is 14.2 Å². The first-order valence-electron chi connectivity index (χ1n) is 8.97. The summed E-state index contributed by atoms with van der Waals surface area (Å²) in [6, 6.07) is 5.85. The van der Waals surface area contributed by atoms with Gasteiger partial charge in [-0.15, -0.1) is 11.3 Å². The summed E-state index contributed by atoms with van der Waals surface area (Å²) >= 11 is 4.41. The molecule has 0 aliphatic carbocycles. The first kappa shape index (κ1) is 22.2. The van der Waals surface area contributed by atoms with Gasteiger partial charge >= 0.3 is 0 Å². The number of rotatable bonds is 9. The number of nitrogens with zero attached hydrogens (tertiary/aromatic N) is 4. The van der Waals surface area contributed by atoms with Gasteiger partial charge in [0, 0.05) is 22.9 Å². The minimum absolute atomic E-state index is 0.380. The van der Waals surface area contributed by atoms with Crippen molar-refractivity contribution in [2.75, 3.05) is 27.1 Å². The lowest BCUT2D eigenvalue weighted by Crippen LogP contribution is -2.01. The van der Waals surface area contributed by atoms with Crippen molar-refractivity contribution in [2.24, 2.45) is 0 Å². The standard InChI is InChI=1S/C20H20N4O3S3/c1-5-7-28-19-23-16(12-9-14(25-2)17(27-4)15(10-12)26-3)13(11-21)18(24-19)30-20-22-6-8-29-20/h6,8-10H,5,7H2,1-4H3. The van der Waals surface area contributed by atoms with Gasteiger partial charge in [0.1, 0.15) is 16.7 Å². The molecule has 0 radical (unpaired) electrons. The van der Waals surface area contributed by atoms with Gasteiger partial charge in [-0.25, -0.2) is 15.0 Å². The Morgan fingerprint density at radius 1 is 1.10 bits per heavy atom. The lowest BCUT2D eigenvalue weighted by Gasteiger charge is -2.15. The van der Waals surface area contributed by atoms with E-state index in [0.29, 0.717) is 44.3 Å². The topological polar surface area (TPSA) is 90.2 Å². The Bertz CT molecular complexity index is 1030. The summed E-state index contributed by atoms with van der Waals surface area (Å²) in [5.74, 6) is 2.34. The van der Waals surface area contributed by atoms with Crippen molar-refractivity contribution >= 4 is 34.9 Å². The molecule has 0 saturated heterocycles. The first-order chi connectivity index (χ1) is 14.6. The summed E-state index contributed by atoms with van der Waals surface area (Å²) in [5.41, 5.74) is 1.58. The number of thioether (sulfide) groups is 1. The van der Waals surface area contributed by atoms with Crippen LogP contribution in [-0.2, 0) is 0 Å². The summed E-state index contributed by atoms with van der Waals surface area (Å²) in [6.45, 7) is 2.10. The maximum Gasteiger partial charge on any atom is 0.203 e. The maximum atomic E-state index is 9.96. The van der Waals surface area contributed by atoms with E-state index in [1.807, 2.05) is 5.38 Å². The van der Waals surface area contributed by atoms with E-state index in [1.165, 1.54) is 23.1 Å². The predicted octanol–water partition coefficient (Wildman–Crippen LogP) is 5.15. The molecule has 3 rings (SSSR count). The molecule has 2 aromatic heterocycles. The molecule has 0 bridgehead atoms. The fraction of sp³-hybridized carbons (Fsp3) is 0.300. The van der Waals surface area contributed by atoms with Crippen LogP contribution in [0.15, 0.2) is 38.2 Å². The molecule has 0 aliphatic rings. The Labute approximate surface area is 187 Å². The van der Waals surface area contributed by atoms with Crippen molar-refractivity contribution in [2.45, 2.75) is 27.9 Å². The molecule has 30 heavy (non-hydrogen) atoms. The van der Waals surface area contributed by atoms with Crippen LogP contribution in [0.2, 0.25) is 0 Å². The van der Waals surface area contributed by atoms with E-state index >= 15 is 0 Å². The maximum absolute atomic E-state index is 9.96. The molecular formula is C20H20N4O3S3. The molecule has 0 N–H and O–H groups in total. The molecule has 0 amide bonds. The van der Waals surface area contributed by atoms with E-state index in [9.17, 15) is 5.26 Å². The number of aromatic nitrogens is 3. The molecule has 2 heterocycles. The fourth-order valence-electron chi connectivity index (χ4n) is 2.62. The molecule has 0 saturated carbocycles. The Morgan fingerprint density at radius 3 is 2.37 bits per heavy atom. The third-order valence-corrected chi connectivity index (χ3v) is 6.86. The zero-order chi connectivity index (χ0) is 21.5. The molecule has 0 unspecified atom stereocenters. The zero-order valence-corrected chi connectivity index (χ0v) is 19.4. The molecule has 156 valence electrons. The van der Waals surface area contributed by atoms with Gasteiger partial charge in [-0.3, -0.25) is 0 Å². The van der Waals surface area contributed by atoms with Gasteiger partial charge in [-0.05, 0) is 30.3 Å². The fourth-order valence-corrected chi connectivity index (χ4v) is 4.99. The molecule has 3 aromatic rings. The van der Waals surface area contributed by atoms with Crippen molar-refractivity contribution in [1.29, 1.82) is 5.26 Å². The smallest absolute Gasteiger partial charge is 0.203 e. The van der Waals surface area contributed by atoms with E-state index in [1.54, 1.807) is 51.4 Å². The SMILES string of the molecule is CCCSc1nc(Sc2nccs2)c(C#N)c(-c2cc(OC)c(OC)c(OC)c2)n1. The molecule has 7 nitrogen and oxygen atoms in total. The van der Waals surface area contributed by atoms with Crippen LogP contribution in [0.1, 0.15) is 18.9 Å². The molecule has 0 fully saturated rings. The Hall–Kier alpha value is -2.48. The van der Waals surface area contributed by atoms with Gasteiger partial charge in [0.05, 0.1) is 27.0 Å². The average Bonchev–Trinajstić information content (AvgIpc) is 3.29. The lowest BCUT2D eigenvalue weighted by molar-refractivity contribution is 0.324. The second kappa shape index (κ2) is 10.5. The van der Waals surface area contributed by atoms with Crippen molar-refractivity contribution in [3.05, 3.63) is 29.3 Å². The summed E-state index contributed by atoms with van der Waals surface area (Å²) in [7, 11) is 4.66. The summed E-state index contributed by atoms with van der Waals surface area (Å²) < 4.78 is 17.2. The highest BCUT2D eigenvalue weighted by Crippen LogP contribution is 2.43. The van der Waals surface area contributed by atoms with Crippen molar-refractivity contribution in [3.63, 3.8) is 0 Å². The molecular weight excluding hydrogens is 440 g/mol. The molecule has 0 atom stereocenters. The van der Waals surface area contributed by atoms with Crippen molar-refractivity contribution in [3.8, 4) is 34.6 Å². The van der Waals surface area contributed by atoms with E-state index < -0.39 is 0 Å². The third kappa shape index (κ3) is 4.80. The number of nitriles is 1. The Balaban J connectivity index is 2.21. The number of hydrogen-bond acceptors (Lipinski definition) is 10. The molecule has 0 aliphatic heterocycles. The number of ether oxygens (including phenoxy) is 3. The highest BCUT2D eigenvalue weighted by Gasteiger charge is 2.21. The van der Waals surface area contributed by atoms with E-state index in [-0.39, 0.29) is 0 Å². The summed E-state index contributed by atoms with van der Waals surface area (Å²) in [6.07, 6.45) is 2.72. The van der Waals surface area contributed by atoms with Gasteiger partial charge in [0.25, 0.3) is 0 Å². The van der Waals surface area contributed by atoms with E-state index in [4.69, 9.17) is 19.2 Å². The average molecular weight is 461 g/mol.